The number of carboxylic acid groups (broad SMARTS) is 1. The van der Waals surface area contributed by atoms with E-state index in [1.54, 1.807) is 12.2 Å². The van der Waals surface area contributed by atoms with Crippen molar-refractivity contribution < 1.29 is 24.2 Å². The second-order valence-corrected chi connectivity index (χ2v) is 3.03. The summed E-state index contributed by atoms with van der Waals surface area (Å²) in [6, 6.07) is 0. The molecule has 2 atom stereocenters. The maximum absolute atomic E-state index is 11.3. The summed E-state index contributed by atoms with van der Waals surface area (Å²) in [5, 5.41) is 8.95. The second-order valence-electron chi connectivity index (χ2n) is 3.03. The van der Waals surface area contributed by atoms with Gasteiger partial charge < -0.3 is 14.6 Å². The fourth-order valence-corrected chi connectivity index (χ4v) is 1.79. The van der Waals surface area contributed by atoms with Crippen molar-refractivity contribution in [3.8, 4) is 0 Å². The average Bonchev–Trinajstić information content (AvgIpc) is 2.63. The highest BCUT2D eigenvalue weighted by atomic mass is 16.6. The van der Waals surface area contributed by atoms with Gasteiger partial charge in [0.25, 0.3) is 0 Å². The molecule has 70 valence electrons. The van der Waals surface area contributed by atoms with Crippen LogP contribution < -0.4 is 0 Å². The van der Waals surface area contributed by atoms with E-state index in [0.29, 0.717) is 0 Å². The Morgan fingerprint density at radius 2 is 2.00 bits per heavy atom. The third-order valence-electron chi connectivity index (χ3n) is 2.53. The zero-order valence-electron chi connectivity index (χ0n) is 6.89. The van der Waals surface area contributed by atoms with E-state index in [9.17, 15) is 9.59 Å². The Morgan fingerprint density at radius 3 is 2.31 bits per heavy atom. The number of esters is 1. The lowest BCUT2D eigenvalue weighted by Crippen LogP contribution is -2.63. The first-order valence-electron chi connectivity index (χ1n) is 3.79. The molecule has 0 aromatic carbocycles. The van der Waals surface area contributed by atoms with Gasteiger partial charge in [0.2, 0.25) is 5.41 Å². The molecule has 3 aliphatic rings. The number of carbonyl (C=O) groups excluding carboxylic acids is 1. The van der Waals surface area contributed by atoms with Crippen LogP contribution in [0.25, 0.3) is 0 Å². The Kier molecular flexibility index (Phi) is 1.47. The SMILES string of the molecule is COC(=O)C1(C(=O)O)C2C=CC1O2. The number of rotatable bonds is 2. The maximum Gasteiger partial charge on any atom is 0.329 e. The number of aliphatic carboxylic acids is 1. The molecule has 0 spiro atoms. The minimum atomic E-state index is -1.52. The van der Waals surface area contributed by atoms with Gasteiger partial charge in [0.1, 0.15) is 12.2 Å². The number of ether oxygens (including phenoxy) is 2. The summed E-state index contributed by atoms with van der Waals surface area (Å²) in [6.07, 6.45) is 1.83. The molecule has 5 heteroatoms. The first kappa shape index (κ1) is 8.25. The van der Waals surface area contributed by atoms with E-state index in [4.69, 9.17) is 9.84 Å². The summed E-state index contributed by atoms with van der Waals surface area (Å²) in [5.74, 6) is -1.93. The predicted octanol–water partition coefficient (Wildman–Crippen LogP) is -0.432. The molecule has 2 heterocycles. The van der Waals surface area contributed by atoms with Crippen molar-refractivity contribution in [2.75, 3.05) is 7.11 Å². The van der Waals surface area contributed by atoms with Gasteiger partial charge in [-0.05, 0) is 0 Å². The van der Waals surface area contributed by atoms with Crippen molar-refractivity contribution in [3.63, 3.8) is 0 Å². The molecule has 0 aromatic rings. The highest BCUT2D eigenvalue weighted by molar-refractivity contribution is 6.03. The molecule has 0 saturated carbocycles. The van der Waals surface area contributed by atoms with Gasteiger partial charge in [-0.15, -0.1) is 0 Å². The van der Waals surface area contributed by atoms with Crippen LogP contribution in [-0.2, 0) is 19.1 Å². The van der Waals surface area contributed by atoms with Gasteiger partial charge in [-0.3, -0.25) is 9.59 Å². The van der Waals surface area contributed by atoms with E-state index in [1.165, 1.54) is 7.11 Å². The molecule has 1 N–H and O–H groups in total. The Labute approximate surface area is 73.9 Å². The van der Waals surface area contributed by atoms with Crippen molar-refractivity contribution in [2.45, 2.75) is 12.2 Å². The van der Waals surface area contributed by atoms with Gasteiger partial charge in [-0.1, -0.05) is 12.2 Å². The molecule has 0 aromatic heterocycles. The van der Waals surface area contributed by atoms with Crippen LogP contribution in [0.3, 0.4) is 0 Å². The summed E-state index contributed by atoms with van der Waals surface area (Å²) in [4.78, 5) is 22.2. The third kappa shape index (κ3) is 0.702. The van der Waals surface area contributed by atoms with Crippen LogP contribution in [0, 0.1) is 5.41 Å². The minimum Gasteiger partial charge on any atom is -0.480 e. The third-order valence-corrected chi connectivity index (χ3v) is 2.53. The zero-order valence-corrected chi connectivity index (χ0v) is 6.89. The largest absolute Gasteiger partial charge is 0.480 e. The van der Waals surface area contributed by atoms with E-state index in [2.05, 4.69) is 4.74 Å². The smallest absolute Gasteiger partial charge is 0.329 e. The molecule has 1 fully saturated rings. The van der Waals surface area contributed by atoms with E-state index in [0.717, 1.165) is 0 Å². The Bertz CT molecular complexity index is 294. The van der Waals surface area contributed by atoms with Crippen LogP contribution in [-0.4, -0.2) is 36.4 Å². The predicted molar refractivity (Wildman–Crippen MR) is 39.9 cm³/mol. The molecule has 1 saturated heterocycles. The molecule has 1 aliphatic carbocycles. The van der Waals surface area contributed by atoms with Crippen molar-refractivity contribution in [2.24, 2.45) is 5.41 Å². The first-order chi connectivity index (χ1) is 6.14. The molecule has 0 amide bonds. The Morgan fingerprint density at radius 1 is 1.46 bits per heavy atom. The second kappa shape index (κ2) is 2.32. The zero-order chi connectivity index (χ0) is 9.64. The molecule has 2 aliphatic heterocycles. The fraction of sp³-hybridized carbons (Fsp3) is 0.500. The quantitative estimate of drug-likeness (QED) is 0.358. The molecule has 2 bridgehead atoms. The molecule has 0 radical (unpaired) electrons. The lowest BCUT2D eigenvalue weighted by molar-refractivity contribution is -0.222. The maximum atomic E-state index is 11.3. The van der Waals surface area contributed by atoms with Crippen LogP contribution in [0.5, 0.6) is 0 Å². The van der Waals surface area contributed by atoms with Gasteiger partial charge in [-0.2, -0.15) is 0 Å². The minimum absolute atomic E-state index is 0.664. The summed E-state index contributed by atoms with van der Waals surface area (Å²) in [6.45, 7) is 0. The van der Waals surface area contributed by atoms with Gasteiger partial charge in [0.15, 0.2) is 0 Å². The van der Waals surface area contributed by atoms with Crippen molar-refractivity contribution in [1.29, 1.82) is 0 Å². The van der Waals surface area contributed by atoms with Gasteiger partial charge >= 0.3 is 11.9 Å². The van der Waals surface area contributed by atoms with E-state index in [1.807, 2.05) is 0 Å². The van der Waals surface area contributed by atoms with Crippen LogP contribution >= 0.6 is 0 Å². The summed E-state index contributed by atoms with van der Waals surface area (Å²) in [5.41, 5.74) is -1.52. The summed E-state index contributed by atoms with van der Waals surface area (Å²) >= 11 is 0. The molecular weight excluding hydrogens is 176 g/mol. The van der Waals surface area contributed by atoms with Crippen molar-refractivity contribution >= 4 is 11.9 Å². The topological polar surface area (TPSA) is 72.8 Å². The number of hydrogen-bond acceptors (Lipinski definition) is 4. The molecule has 13 heavy (non-hydrogen) atoms. The lowest BCUT2D eigenvalue weighted by atomic mass is 9.76. The van der Waals surface area contributed by atoms with Crippen LogP contribution in [0.2, 0.25) is 0 Å². The highest BCUT2D eigenvalue weighted by Gasteiger charge is 2.70. The number of hydrogen-bond donors (Lipinski definition) is 1. The van der Waals surface area contributed by atoms with Crippen LogP contribution in [0.4, 0.5) is 0 Å². The highest BCUT2D eigenvalue weighted by Crippen LogP contribution is 2.49. The summed E-state index contributed by atoms with van der Waals surface area (Å²) < 4.78 is 9.52. The van der Waals surface area contributed by atoms with Gasteiger partial charge in [0.05, 0.1) is 7.11 Å². The van der Waals surface area contributed by atoms with Crippen LogP contribution in [0.15, 0.2) is 12.2 Å². The standard InChI is InChI=1S/C8H8O5/c1-12-7(11)8(6(9)10)4-2-3-5(8)13-4/h2-5H,1H3,(H,9,10). The Balaban J connectivity index is 2.35. The fourth-order valence-electron chi connectivity index (χ4n) is 1.79. The molecular formula is C8H8O5. The van der Waals surface area contributed by atoms with E-state index < -0.39 is 29.6 Å². The molecule has 3 rings (SSSR count). The van der Waals surface area contributed by atoms with Gasteiger partial charge in [0, 0.05) is 0 Å². The number of carbonyl (C=O) groups is 2. The Hall–Kier alpha value is -1.36. The van der Waals surface area contributed by atoms with Crippen molar-refractivity contribution in [3.05, 3.63) is 12.2 Å². The number of methoxy groups -OCH3 is 1. The van der Waals surface area contributed by atoms with E-state index >= 15 is 0 Å². The van der Waals surface area contributed by atoms with Crippen molar-refractivity contribution in [1.82, 2.24) is 0 Å². The van der Waals surface area contributed by atoms with Crippen LogP contribution in [0.1, 0.15) is 0 Å². The number of carboxylic acids is 1. The monoisotopic (exact) mass is 184 g/mol. The average molecular weight is 184 g/mol. The molecule has 5 nitrogen and oxygen atoms in total. The lowest BCUT2D eigenvalue weighted by Gasteiger charge is -2.42. The molecule has 2 unspecified atom stereocenters. The summed E-state index contributed by atoms with van der Waals surface area (Å²) in [7, 11) is 1.17. The van der Waals surface area contributed by atoms with E-state index in [-0.39, 0.29) is 0 Å². The first-order valence-corrected chi connectivity index (χ1v) is 3.79. The normalized spacial score (nSPS) is 39.8. The van der Waals surface area contributed by atoms with Gasteiger partial charge in [-0.25, -0.2) is 0 Å².